The van der Waals surface area contributed by atoms with E-state index in [0.29, 0.717) is 12.0 Å². The third-order valence-electron chi connectivity index (χ3n) is 5.84. The molecule has 150 valence electrons. The molecule has 1 fully saturated rings. The van der Waals surface area contributed by atoms with Crippen molar-refractivity contribution < 1.29 is 14.8 Å². The zero-order valence-corrected chi connectivity index (χ0v) is 16.4. The van der Waals surface area contributed by atoms with Gasteiger partial charge in [0.25, 0.3) is 5.91 Å². The highest BCUT2D eigenvalue weighted by molar-refractivity contribution is 5.95. The number of carbonyl (C=O) groups excluding carboxylic acids is 2. The minimum absolute atomic E-state index is 0.193. The number of benzene rings is 2. The van der Waals surface area contributed by atoms with Gasteiger partial charge in [0, 0.05) is 35.2 Å². The second-order valence-electron chi connectivity index (χ2n) is 7.75. The molecule has 6 heteroatoms. The Morgan fingerprint density at radius 2 is 1.86 bits per heavy atom. The van der Waals surface area contributed by atoms with E-state index in [1.54, 1.807) is 5.48 Å². The second-order valence-corrected chi connectivity index (χ2v) is 7.75. The number of aromatic nitrogens is 1. The first kappa shape index (κ1) is 19.2. The molecule has 1 heterocycles. The lowest BCUT2D eigenvalue weighted by Crippen LogP contribution is -2.43. The largest absolute Gasteiger partial charge is 0.349 e. The fourth-order valence-electron chi connectivity index (χ4n) is 4.30. The SMILES string of the molecule is Cc1cn(Cc2ccc(C(=O)N[C@@H]3CCC[C@@H]3C(=O)NO)cc2)c2ccccc12. The molecular weight excluding hydrogens is 366 g/mol. The number of amides is 2. The predicted molar refractivity (Wildman–Crippen MR) is 111 cm³/mol. The number of aryl methyl sites for hydroxylation is 1. The standard InChI is InChI=1S/C23H25N3O3/c1-15-13-26(21-8-3-2-5-18(15)21)14-16-9-11-17(12-10-16)22(27)24-20-7-4-6-19(20)23(28)25-29/h2-3,5,8-13,19-20,29H,4,6-7,14H2,1H3,(H,24,27)(H,25,28)/t19-,20+/m0/s1. The van der Waals surface area contributed by atoms with Crippen LogP contribution < -0.4 is 10.8 Å². The van der Waals surface area contributed by atoms with Crippen LogP contribution in [-0.2, 0) is 11.3 Å². The Morgan fingerprint density at radius 3 is 2.62 bits per heavy atom. The van der Waals surface area contributed by atoms with Gasteiger partial charge >= 0.3 is 0 Å². The third kappa shape index (κ3) is 3.89. The maximum atomic E-state index is 12.6. The van der Waals surface area contributed by atoms with Gasteiger partial charge in [0.2, 0.25) is 5.91 Å². The summed E-state index contributed by atoms with van der Waals surface area (Å²) in [5.41, 5.74) is 5.82. The van der Waals surface area contributed by atoms with Gasteiger partial charge < -0.3 is 9.88 Å². The zero-order chi connectivity index (χ0) is 20.4. The summed E-state index contributed by atoms with van der Waals surface area (Å²) in [4.78, 5) is 24.3. The summed E-state index contributed by atoms with van der Waals surface area (Å²) < 4.78 is 2.22. The van der Waals surface area contributed by atoms with Crippen LogP contribution in [0.3, 0.4) is 0 Å². The van der Waals surface area contributed by atoms with Gasteiger partial charge in [-0.15, -0.1) is 0 Å². The first-order valence-corrected chi connectivity index (χ1v) is 9.95. The fraction of sp³-hybridized carbons (Fsp3) is 0.304. The molecule has 0 saturated heterocycles. The Morgan fingerprint density at radius 1 is 1.10 bits per heavy atom. The summed E-state index contributed by atoms with van der Waals surface area (Å²) >= 11 is 0. The van der Waals surface area contributed by atoms with Crippen LogP contribution in [0.15, 0.2) is 54.7 Å². The lowest BCUT2D eigenvalue weighted by Gasteiger charge is -2.19. The third-order valence-corrected chi connectivity index (χ3v) is 5.84. The fourth-order valence-corrected chi connectivity index (χ4v) is 4.30. The highest BCUT2D eigenvalue weighted by Gasteiger charge is 2.34. The van der Waals surface area contributed by atoms with Gasteiger partial charge in [0.15, 0.2) is 0 Å². The highest BCUT2D eigenvalue weighted by atomic mass is 16.5. The monoisotopic (exact) mass is 391 g/mol. The van der Waals surface area contributed by atoms with Gasteiger partial charge in [-0.25, -0.2) is 5.48 Å². The van der Waals surface area contributed by atoms with Gasteiger partial charge in [-0.1, -0.05) is 36.8 Å². The van der Waals surface area contributed by atoms with Crippen LogP contribution in [0, 0.1) is 12.8 Å². The van der Waals surface area contributed by atoms with Crippen molar-refractivity contribution in [3.8, 4) is 0 Å². The Bertz CT molecular complexity index is 1040. The molecular formula is C23H25N3O3. The van der Waals surface area contributed by atoms with Crippen molar-refractivity contribution in [1.82, 2.24) is 15.4 Å². The van der Waals surface area contributed by atoms with E-state index in [9.17, 15) is 9.59 Å². The molecule has 2 aromatic carbocycles. The minimum atomic E-state index is -0.433. The average molecular weight is 391 g/mol. The molecule has 6 nitrogen and oxygen atoms in total. The Balaban J connectivity index is 1.45. The first-order valence-electron chi connectivity index (χ1n) is 9.95. The Hall–Kier alpha value is -3.12. The van der Waals surface area contributed by atoms with Gasteiger partial charge in [-0.05, 0) is 49.1 Å². The van der Waals surface area contributed by atoms with Gasteiger partial charge in [-0.3, -0.25) is 14.8 Å². The van der Waals surface area contributed by atoms with Crippen LogP contribution in [0.2, 0.25) is 0 Å². The Kier molecular flexibility index (Phi) is 5.36. The average Bonchev–Trinajstić information content (AvgIpc) is 3.33. The number of hydrogen-bond donors (Lipinski definition) is 3. The number of para-hydroxylation sites is 1. The molecule has 0 bridgehead atoms. The number of nitrogens with zero attached hydrogens (tertiary/aromatic N) is 1. The van der Waals surface area contributed by atoms with E-state index < -0.39 is 5.91 Å². The zero-order valence-electron chi connectivity index (χ0n) is 16.4. The molecule has 3 aromatic rings. The molecule has 0 unspecified atom stereocenters. The van der Waals surface area contributed by atoms with Crippen molar-refractivity contribution in [3.05, 3.63) is 71.4 Å². The molecule has 0 radical (unpaired) electrons. The first-order chi connectivity index (χ1) is 14.1. The molecule has 1 aliphatic rings. The normalized spacial score (nSPS) is 18.7. The van der Waals surface area contributed by atoms with Gasteiger partial charge in [0.1, 0.15) is 0 Å². The lowest BCUT2D eigenvalue weighted by molar-refractivity contribution is -0.133. The maximum Gasteiger partial charge on any atom is 0.251 e. The molecule has 1 saturated carbocycles. The van der Waals surface area contributed by atoms with Gasteiger partial charge in [-0.2, -0.15) is 0 Å². The summed E-state index contributed by atoms with van der Waals surface area (Å²) in [6.07, 6.45) is 4.41. The van der Waals surface area contributed by atoms with E-state index in [1.807, 2.05) is 36.4 Å². The second kappa shape index (κ2) is 8.09. The van der Waals surface area contributed by atoms with Crippen LogP contribution in [-0.4, -0.2) is 27.6 Å². The number of carbonyl (C=O) groups is 2. The summed E-state index contributed by atoms with van der Waals surface area (Å²) in [5, 5.41) is 13.1. The van der Waals surface area contributed by atoms with Crippen LogP contribution in [0.25, 0.3) is 10.9 Å². The van der Waals surface area contributed by atoms with Crippen molar-refractivity contribution in [2.75, 3.05) is 0 Å². The minimum Gasteiger partial charge on any atom is -0.349 e. The van der Waals surface area contributed by atoms with E-state index in [-0.39, 0.29) is 17.9 Å². The summed E-state index contributed by atoms with van der Waals surface area (Å²) in [6.45, 7) is 2.84. The number of nitrogens with one attached hydrogen (secondary N) is 2. The number of hydroxylamine groups is 1. The lowest BCUT2D eigenvalue weighted by atomic mass is 10.0. The van der Waals surface area contributed by atoms with Crippen molar-refractivity contribution in [2.24, 2.45) is 5.92 Å². The summed E-state index contributed by atoms with van der Waals surface area (Å²) in [7, 11) is 0. The molecule has 3 N–H and O–H groups in total. The van der Waals surface area contributed by atoms with Crippen molar-refractivity contribution in [1.29, 1.82) is 0 Å². The Labute approximate surface area is 169 Å². The molecule has 29 heavy (non-hydrogen) atoms. The molecule has 0 aliphatic heterocycles. The van der Waals surface area contributed by atoms with Crippen molar-refractivity contribution in [2.45, 2.75) is 38.8 Å². The van der Waals surface area contributed by atoms with E-state index in [1.165, 1.54) is 16.5 Å². The number of hydrogen-bond acceptors (Lipinski definition) is 3. The predicted octanol–water partition coefficient (Wildman–Crippen LogP) is 3.40. The van der Waals surface area contributed by atoms with E-state index in [4.69, 9.17) is 5.21 Å². The highest BCUT2D eigenvalue weighted by Crippen LogP contribution is 2.26. The summed E-state index contributed by atoms with van der Waals surface area (Å²) in [5.74, 6) is -1.01. The number of rotatable bonds is 5. The topological polar surface area (TPSA) is 83.4 Å². The quantitative estimate of drug-likeness (QED) is 0.460. The molecule has 0 spiro atoms. The molecule has 1 aliphatic carbocycles. The van der Waals surface area contributed by atoms with Crippen LogP contribution in [0.1, 0.15) is 40.7 Å². The van der Waals surface area contributed by atoms with E-state index in [0.717, 1.165) is 24.9 Å². The van der Waals surface area contributed by atoms with Crippen molar-refractivity contribution in [3.63, 3.8) is 0 Å². The molecule has 2 atom stereocenters. The summed E-state index contributed by atoms with van der Waals surface area (Å²) in [6, 6.07) is 15.6. The van der Waals surface area contributed by atoms with Crippen molar-refractivity contribution >= 4 is 22.7 Å². The molecule has 2 amide bonds. The van der Waals surface area contributed by atoms with E-state index in [2.05, 4.69) is 35.1 Å². The van der Waals surface area contributed by atoms with Gasteiger partial charge in [0.05, 0.1) is 5.92 Å². The maximum absolute atomic E-state index is 12.6. The van der Waals surface area contributed by atoms with E-state index >= 15 is 0 Å². The number of fused-ring (bicyclic) bond motifs is 1. The molecule has 4 rings (SSSR count). The molecule has 1 aromatic heterocycles. The van der Waals surface area contributed by atoms with Crippen LogP contribution >= 0.6 is 0 Å². The van der Waals surface area contributed by atoms with Crippen LogP contribution in [0.5, 0.6) is 0 Å². The van der Waals surface area contributed by atoms with Crippen LogP contribution in [0.4, 0.5) is 0 Å². The smallest absolute Gasteiger partial charge is 0.251 e.